The number of hydrogen-bond donors (Lipinski definition) is 2. The summed E-state index contributed by atoms with van der Waals surface area (Å²) in [6.07, 6.45) is 2.90. The van der Waals surface area contributed by atoms with E-state index in [0.29, 0.717) is 12.3 Å². The maximum absolute atomic E-state index is 11.5. The second kappa shape index (κ2) is 7.62. The first-order valence-corrected chi connectivity index (χ1v) is 7.72. The highest BCUT2D eigenvalue weighted by molar-refractivity contribution is 7.10. The second-order valence-electron chi connectivity index (χ2n) is 4.97. The van der Waals surface area contributed by atoms with Crippen LogP contribution in [0.25, 0.3) is 0 Å². The van der Waals surface area contributed by atoms with Crippen LogP contribution in [0.1, 0.15) is 30.2 Å². The molecular weight excluding hydrogens is 260 g/mol. The van der Waals surface area contributed by atoms with Gasteiger partial charge in [-0.05, 0) is 49.8 Å². The van der Waals surface area contributed by atoms with Gasteiger partial charge in [-0.1, -0.05) is 6.07 Å². The Labute approximate surface area is 118 Å². The molecule has 0 radical (unpaired) electrons. The van der Waals surface area contributed by atoms with Gasteiger partial charge in [0, 0.05) is 4.88 Å². The Balaban J connectivity index is 1.87. The van der Waals surface area contributed by atoms with Crippen LogP contribution in [-0.2, 0) is 9.53 Å². The minimum Gasteiger partial charge on any atom is -0.469 e. The van der Waals surface area contributed by atoms with Gasteiger partial charge in [-0.15, -0.1) is 11.3 Å². The molecule has 2 rings (SSSR count). The molecule has 0 saturated carbocycles. The lowest BCUT2D eigenvalue weighted by Gasteiger charge is -2.25. The van der Waals surface area contributed by atoms with Crippen LogP contribution in [0.4, 0.5) is 0 Å². The van der Waals surface area contributed by atoms with Gasteiger partial charge in [0.25, 0.3) is 0 Å². The van der Waals surface area contributed by atoms with E-state index in [9.17, 15) is 4.79 Å². The molecule has 1 aromatic rings. The number of carbonyl (C=O) groups excluding carboxylic acids is 1. The van der Waals surface area contributed by atoms with Crippen LogP contribution >= 0.6 is 11.3 Å². The molecule has 0 amide bonds. The lowest BCUT2D eigenvalue weighted by atomic mass is 9.99. The normalized spacial score (nSPS) is 21.0. The molecule has 0 bridgehead atoms. The Hall–Kier alpha value is -0.910. The van der Waals surface area contributed by atoms with Gasteiger partial charge < -0.3 is 15.4 Å². The van der Waals surface area contributed by atoms with Crippen LogP contribution < -0.4 is 10.6 Å². The Bertz CT molecular complexity index is 375. The zero-order valence-electron chi connectivity index (χ0n) is 11.4. The summed E-state index contributed by atoms with van der Waals surface area (Å²) in [7, 11) is 1.44. The van der Waals surface area contributed by atoms with Crippen molar-refractivity contribution in [1.82, 2.24) is 10.6 Å². The van der Waals surface area contributed by atoms with Crippen LogP contribution in [0.5, 0.6) is 0 Å². The van der Waals surface area contributed by atoms with Gasteiger partial charge in [-0.3, -0.25) is 4.79 Å². The number of piperidine rings is 1. The highest BCUT2D eigenvalue weighted by atomic mass is 32.1. The van der Waals surface area contributed by atoms with Crippen molar-refractivity contribution in [3.05, 3.63) is 22.4 Å². The van der Waals surface area contributed by atoms with Crippen molar-refractivity contribution < 1.29 is 9.53 Å². The standard InChI is InChI=1S/C14H22N2O2S/c1-18-14(17)8-12(13-5-3-7-19-13)16-10-11-4-2-6-15-9-11/h3,5,7,11-12,15-16H,2,4,6,8-10H2,1H3. The average molecular weight is 282 g/mol. The number of carbonyl (C=O) groups is 1. The molecule has 106 valence electrons. The van der Waals surface area contributed by atoms with E-state index >= 15 is 0 Å². The molecule has 1 aromatic heterocycles. The summed E-state index contributed by atoms with van der Waals surface area (Å²) in [6.45, 7) is 3.15. The first kappa shape index (κ1) is 14.5. The Morgan fingerprint density at radius 1 is 1.68 bits per heavy atom. The minimum absolute atomic E-state index is 0.0781. The van der Waals surface area contributed by atoms with Crippen molar-refractivity contribution in [2.24, 2.45) is 5.92 Å². The van der Waals surface area contributed by atoms with Gasteiger partial charge in [-0.25, -0.2) is 0 Å². The summed E-state index contributed by atoms with van der Waals surface area (Å²) in [5.41, 5.74) is 0. The molecule has 2 atom stereocenters. The maximum Gasteiger partial charge on any atom is 0.307 e. The second-order valence-corrected chi connectivity index (χ2v) is 5.95. The van der Waals surface area contributed by atoms with E-state index in [4.69, 9.17) is 4.74 Å². The summed E-state index contributed by atoms with van der Waals surface area (Å²) >= 11 is 1.68. The highest BCUT2D eigenvalue weighted by Gasteiger charge is 2.19. The molecule has 2 unspecified atom stereocenters. The van der Waals surface area contributed by atoms with Crippen LogP contribution in [-0.4, -0.2) is 32.7 Å². The fourth-order valence-electron chi connectivity index (χ4n) is 2.42. The third-order valence-electron chi connectivity index (χ3n) is 3.54. The van der Waals surface area contributed by atoms with Crippen molar-refractivity contribution in [2.75, 3.05) is 26.7 Å². The Kier molecular flexibility index (Phi) is 5.82. The topological polar surface area (TPSA) is 50.4 Å². The summed E-state index contributed by atoms with van der Waals surface area (Å²) in [5.74, 6) is 0.501. The van der Waals surface area contributed by atoms with Crippen LogP contribution in [0.15, 0.2) is 17.5 Å². The number of rotatable bonds is 6. The lowest BCUT2D eigenvalue weighted by molar-refractivity contribution is -0.141. The fourth-order valence-corrected chi connectivity index (χ4v) is 3.22. The molecule has 4 nitrogen and oxygen atoms in total. The summed E-state index contributed by atoms with van der Waals surface area (Å²) in [4.78, 5) is 12.7. The van der Waals surface area contributed by atoms with Crippen LogP contribution in [0.2, 0.25) is 0 Å². The van der Waals surface area contributed by atoms with Crippen molar-refractivity contribution in [1.29, 1.82) is 0 Å². The monoisotopic (exact) mass is 282 g/mol. The summed E-state index contributed by atoms with van der Waals surface area (Å²) in [6, 6.07) is 4.17. The molecule has 5 heteroatoms. The first-order valence-electron chi connectivity index (χ1n) is 6.84. The van der Waals surface area contributed by atoms with Crippen LogP contribution in [0.3, 0.4) is 0 Å². The number of thiophene rings is 1. The van der Waals surface area contributed by atoms with Crippen molar-refractivity contribution in [3.8, 4) is 0 Å². The predicted octanol–water partition coefficient (Wildman–Crippen LogP) is 1.94. The quantitative estimate of drug-likeness (QED) is 0.783. The van der Waals surface area contributed by atoms with Gasteiger partial charge in [-0.2, -0.15) is 0 Å². The fraction of sp³-hybridized carbons (Fsp3) is 0.643. The Morgan fingerprint density at radius 2 is 2.58 bits per heavy atom. The van der Waals surface area contributed by atoms with E-state index in [0.717, 1.165) is 19.6 Å². The Morgan fingerprint density at radius 3 is 3.21 bits per heavy atom. The van der Waals surface area contributed by atoms with E-state index in [-0.39, 0.29) is 12.0 Å². The van der Waals surface area contributed by atoms with E-state index in [1.807, 2.05) is 11.4 Å². The molecule has 2 heterocycles. The molecule has 1 saturated heterocycles. The molecule has 1 aliphatic heterocycles. The first-order chi connectivity index (χ1) is 9.29. The van der Waals surface area contributed by atoms with E-state index in [2.05, 4.69) is 16.7 Å². The molecule has 0 aromatic carbocycles. The van der Waals surface area contributed by atoms with E-state index < -0.39 is 0 Å². The van der Waals surface area contributed by atoms with Crippen molar-refractivity contribution >= 4 is 17.3 Å². The third-order valence-corrected chi connectivity index (χ3v) is 4.52. The van der Waals surface area contributed by atoms with Gasteiger partial charge in [0.05, 0.1) is 19.6 Å². The molecule has 19 heavy (non-hydrogen) atoms. The van der Waals surface area contributed by atoms with E-state index in [1.54, 1.807) is 11.3 Å². The summed E-state index contributed by atoms with van der Waals surface area (Å²) in [5, 5.41) is 8.99. The van der Waals surface area contributed by atoms with Gasteiger partial charge in [0.2, 0.25) is 0 Å². The SMILES string of the molecule is COC(=O)CC(NCC1CCCNC1)c1cccs1. The van der Waals surface area contributed by atoms with E-state index in [1.165, 1.54) is 24.8 Å². The van der Waals surface area contributed by atoms with Crippen LogP contribution in [0, 0.1) is 5.92 Å². The minimum atomic E-state index is -0.160. The number of ether oxygens (including phenoxy) is 1. The number of methoxy groups -OCH3 is 1. The molecule has 1 fully saturated rings. The maximum atomic E-state index is 11.5. The van der Waals surface area contributed by atoms with Crippen molar-refractivity contribution in [3.63, 3.8) is 0 Å². The summed E-state index contributed by atoms with van der Waals surface area (Å²) < 4.78 is 4.78. The molecule has 2 N–H and O–H groups in total. The highest BCUT2D eigenvalue weighted by Crippen LogP contribution is 2.23. The molecular formula is C14H22N2O2S. The zero-order valence-corrected chi connectivity index (χ0v) is 12.2. The smallest absolute Gasteiger partial charge is 0.307 e. The number of nitrogens with one attached hydrogen (secondary N) is 2. The van der Waals surface area contributed by atoms with Gasteiger partial charge in [0.1, 0.15) is 0 Å². The predicted molar refractivity (Wildman–Crippen MR) is 77.3 cm³/mol. The van der Waals surface area contributed by atoms with Gasteiger partial charge >= 0.3 is 5.97 Å². The number of esters is 1. The molecule has 0 aliphatic carbocycles. The van der Waals surface area contributed by atoms with Gasteiger partial charge in [0.15, 0.2) is 0 Å². The third kappa shape index (κ3) is 4.60. The largest absolute Gasteiger partial charge is 0.469 e. The zero-order chi connectivity index (χ0) is 13.5. The molecule has 1 aliphatic rings. The number of hydrogen-bond acceptors (Lipinski definition) is 5. The van der Waals surface area contributed by atoms with Crippen molar-refractivity contribution in [2.45, 2.75) is 25.3 Å². The average Bonchev–Trinajstić information content (AvgIpc) is 2.98. The lowest BCUT2D eigenvalue weighted by Crippen LogP contribution is -2.37. The molecule has 0 spiro atoms.